The standard InChI is InChI=1S/C26H30N2O2/c1-17-7-6-14-28(16-17)26(29)20(4)30-21-10-11-22-23(12-13-27-24(22)15-21)25-18(2)8-5-9-19(25)3/h5,8-13,15,17,20H,6-7,14,16H2,1-4H3/t17?,20-/m1/s1. The van der Waals surface area contributed by atoms with Crippen molar-refractivity contribution in [1.82, 2.24) is 9.88 Å². The number of benzene rings is 2. The number of carbonyl (C=O) groups excluding carboxylic acids is 1. The van der Waals surface area contributed by atoms with Crippen molar-refractivity contribution in [2.75, 3.05) is 13.1 Å². The number of aryl methyl sites for hydroxylation is 2. The molecule has 0 N–H and O–H groups in total. The lowest BCUT2D eigenvalue weighted by atomic mass is 9.93. The molecule has 1 saturated heterocycles. The molecule has 0 aliphatic carbocycles. The van der Waals surface area contributed by atoms with Crippen LogP contribution in [-0.2, 0) is 4.79 Å². The van der Waals surface area contributed by atoms with Crippen LogP contribution in [-0.4, -0.2) is 35.0 Å². The lowest BCUT2D eigenvalue weighted by molar-refractivity contribution is -0.139. The van der Waals surface area contributed by atoms with E-state index < -0.39 is 6.10 Å². The number of fused-ring (bicyclic) bond motifs is 1. The second-order valence-corrected chi connectivity index (χ2v) is 8.60. The van der Waals surface area contributed by atoms with Gasteiger partial charge in [0.25, 0.3) is 5.91 Å². The molecule has 1 amide bonds. The summed E-state index contributed by atoms with van der Waals surface area (Å²) in [4.78, 5) is 19.3. The molecule has 156 valence electrons. The summed E-state index contributed by atoms with van der Waals surface area (Å²) in [6.45, 7) is 9.97. The summed E-state index contributed by atoms with van der Waals surface area (Å²) >= 11 is 0. The van der Waals surface area contributed by atoms with Gasteiger partial charge in [0.15, 0.2) is 6.10 Å². The molecule has 2 heterocycles. The molecule has 0 saturated carbocycles. The fraction of sp³-hybridized carbons (Fsp3) is 0.385. The molecule has 0 radical (unpaired) electrons. The van der Waals surface area contributed by atoms with Gasteiger partial charge in [0, 0.05) is 30.7 Å². The van der Waals surface area contributed by atoms with E-state index in [2.05, 4.69) is 56.1 Å². The molecule has 4 rings (SSSR count). The van der Waals surface area contributed by atoms with Gasteiger partial charge in [0.05, 0.1) is 5.52 Å². The van der Waals surface area contributed by atoms with Crippen LogP contribution in [0, 0.1) is 19.8 Å². The van der Waals surface area contributed by atoms with Gasteiger partial charge in [-0.1, -0.05) is 25.1 Å². The van der Waals surface area contributed by atoms with Gasteiger partial charge >= 0.3 is 0 Å². The van der Waals surface area contributed by atoms with Gasteiger partial charge in [-0.05, 0) is 80.0 Å². The van der Waals surface area contributed by atoms with Crippen LogP contribution in [0.2, 0.25) is 0 Å². The second kappa shape index (κ2) is 8.47. The summed E-state index contributed by atoms with van der Waals surface area (Å²) in [5.41, 5.74) is 5.80. The first-order valence-corrected chi connectivity index (χ1v) is 10.8. The number of piperidine rings is 1. The molecular formula is C26H30N2O2. The Kier molecular flexibility index (Phi) is 5.76. The summed E-state index contributed by atoms with van der Waals surface area (Å²) in [7, 11) is 0. The number of nitrogens with zero attached hydrogens (tertiary/aromatic N) is 2. The molecule has 3 aromatic rings. The number of rotatable bonds is 4. The molecule has 1 aliphatic rings. The fourth-order valence-electron chi connectivity index (χ4n) is 4.56. The van der Waals surface area contributed by atoms with E-state index in [0.29, 0.717) is 11.7 Å². The van der Waals surface area contributed by atoms with Crippen molar-refractivity contribution in [3.8, 4) is 16.9 Å². The SMILES string of the molecule is Cc1cccc(C)c1-c1ccnc2cc(O[C@H](C)C(=O)N3CCCC(C)C3)ccc12. The van der Waals surface area contributed by atoms with Crippen LogP contribution in [0.25, 0.3) is 22.0 Å². The predicted molar refractivity (Wildman–Crippen MR) is 122 cm³/mol. The van der Waals surface area contributed by atoms with Gasteiger partial charge in [-0.2, -0.15) is 0 Å². The van der Waals surface area contributed by atoms with E-state index in [-0.39, 0.29) is 5.91 Å². The zero-order valence-corrected chi connectivity index (χ0v) is 18.3. The Balaban J connectivity index is 1.59. The maximum absolute atomic E-state index is 12.8. The van der Waals surface area contributed by atoms with Crippen molar-refractivity contribution >= 4 is 16.8 Å². The Morgan fingerprint density at radius 3 is 2.67 bits per heavy atom. The van der Waals surface area contributed by atoms with Crippen LogP contribution < -0.4 is 4.74 Å². The van der Waals surface area contributed by atoms with Gasteiger partial charge in [0.1, 0.15) is 5.75 Å². The molecule has 2 atom stereocenters. The quantitative estimate of drug-likeness (QED) is 0.575. The zero-order valence-electron chi connectivity index (χ0n) is 18.3. The Labute approximate surface area is 178 Å². The minimum Gasteiger partial charge on any atom is -0.481 e. The number of hydrogen-bond donors (Lipinski definition) is 0. The number of aromatic nitrogens is 1. The highest BCUT2D eigenvalue weighted by molar-refractivity contribution is 5.96. The van der Waals surface area contributed by atoms with Crippen LogP contribution in [0.3, 0.4) is 0 Å². The normalized spacial score (nSPS) is 17.7. The maximum Gasteiger partial charge on any atom is 0.263 e. The third-order valence-corrected chi connectivity index (χ3v) is 6.09. The van der Waals surface area contributed by atoms with Crippen molar-refractivity contribution in [3.63, 3.8) is 0 Å². The van der Waals surface area contributed by atoms with Crippen LogP contribution >= 0.6 is 0 Å². The first kappa shape index (κ1) is 20.4. The molecule has 4 nitrogen and oxygen atoms in total. The average Bonchev–Trinajstić information content (AvgIpc) is 2.73. The van der Waals surface area contributed by atoms with E-state index in [1.54, 1.807) is 0 Å². The number of carbonyl (C=O) groups is 1. The number of amides is 1. The number of pyridine rings is 1. The monoisotopic (exact) mass is 402 g/mol. The van der Waals surface area contributed by atoms with Gasteiger partial charge in [0.2, 0.25) is 0 Å². The topological polar surface area (TPSA) is 42.4 Å². The summed E-state index contributed by atoms with van der Waals surface area (Å²) in [5, 5.41) is 1.09. The molecule has 4 heteroatoms. The molecule has 1 aromatic heterocycles. The summed E-state index contributed by atoms with van der Waals surface area (Å²) in [6.07, 6.45) is 3.60. The molecule has 1 fully saturated rings. The highest BCUT2D eigenvalue weighted by Gasteiger charge is 2.26. The van der Waals surface area contributed by atoms with Crippen LogP contribution in [0.1, 0.15) is 37.8 Å². The Morgan fingerprint density at radius 2 is 1.93 bits per heavy atom. The third kappa shape index (κ3) is 4.04. The predicted octanol–water partition coefficient (Wildman–Crippen LogP) is 5.54. The Hall–Kier alpha value is -2.88. The Morgan fingerprint density at radius 1 is 1.17 bits per heavy atom. The lowest BCUT2D eigenvalue weighted by Gasteiger charge is -2.32. The summed E-state index contributed by atoms with van der Waals surface area (Å²) < 4.78 is 6.03. The molecular weight excluding hydrogens is 372 g/mol. The smallest absolute Gasteiger partial charge is 0.263 e. The van der Waals surface area contributed by atoms with Gasteiger partial charge in [-0.15, -0.1) is 0 Å². The van der Waals surface area contributed by atoms with Crippen molar-refractivity contribution in [2.45, 2.75) is 46.6 Å². The van der Waals surface area contributed by atoms with Crippen molar-refractivity contribution < 1.29 is 9.53 Å². The van der Waals surface area contributed by atoms with Crippen molar-refractivity contribution in [3.05, 3.63) is 59.8 Å². The largest absolute Gasteiger partial charge is 0.481 e. The number of hydrogen-bond acceptors (Lipinski definition) is 3. The lowest BCUT2D eigenvalue weighted by Crippen LogP contribution is -2.45. The highest BCUT2D eigenvalue weighted by Crippen LogP contribution is 2.34. The van der Waals surface area contributed by atoms with Crippen molar-refractivity contribution in [2.24, 2.45) is 5.92 Å². The maximum atomic E-state index is 12.8. The van der Waals surface area contributed by atoms with E-state index in [4.69, 9.17) is 4.74 Å². The number of likely N-dealkylation sites (tertiary alicyclic amines) is 1. The third-order valence-electron chi connectivity index (χ3n) is 6.09. The molecule has 2 aromatic carbocycles. The average molecular weight is 403 g/mol. The van der Waals surface area contributed by atoms with Crippen LogP contribution in [0.15, 0.2) is 48.7 Å². The van der Waals surface area contributed by atoms with E-state index in [1.165, 1.54) is 28.7 Å². The summed E-state index contributed by atoms with van der Waals surface area (Å²) in [6, 6.07) is 14.4. The van der Waals surface area contributed by atoms with E-state index in [1.807, 2.05) is 30.2 Å². The molecule has 1 unspecified atom stereocenters. The van der Waals surface area contributed by atoms with E-state index >= 15 is 0 Å². The van der Waals surface area contributed by atoms with E-state index in [9.17, 15) is 4.79 Å². The molecule has 1 aliphatic heterocycles. The molecule has 0 spiro atoms. The highest BCUT2D eigenvalue weighted by atomic mass is 16.5. The molecule has 0 bridgehead atoms. The van der Waals surface area contributed by atoms with Crippen molar-refractivity contribution in [1.29, 1.82) is 0 Å². The minimum atomic E-state index is -0.505. The first-order chi connectivity index (χ1) is 14.4. The fourth-order valence-corrected chi connectivity index (χ4v) is 4.56. The summed E-state index contributed by atoms with van der Waals surface area (Å²) in [5.74, 6) is 1.31. The first-order valence-electron chi connectivity index (χ1n) is 10.8. The number of ether oxygens (including phenoxy) is 1. The van der Waals surface area contributed by atoms with Gasteiger partial charge in [-0.25, -0.2) is 0 Å². The van der Waals surface area contributed by atoms with Crippen LogP contribution in [0.4, 0.5) is 0 Å². The second-order valence-electron chi connectivity index (χ2n) is 8.60. The molecule has 30 heavy (non-hydrogen) atoms. The van der Waals surface area contributed by atoms with E-state index in [0.717, 1.165) is 30.4 Å². The Bertz CT molecular complexity index is 1060. The minimum absolute atomic E-state index is 0.0684. The zero-order chi connectivity index (χ0) is 21.3. The van der Waals surface area contributed by atoms with Crippen LogP contribution in [0.5, 0.6) is 5.75 Å². The van der Waals surface area contributed by atoms with Gasteiger partial charge < -0.3 is 9.64 Å². The van der Waals surface area contributed by atoms with Gasteiger partial charge in [-0.3, -0.25) is 9.78 Å².